The molecule has 106 valence electrons. The molecule has 0 atom stereocenters. The Morgan fingerprint density at radius 3 is 2.52 bits per heavy atom. The fourth-order valence-electron chi connectivity index (χ4n) is 1.91. The van der Waals surface area contributed by atoms with Gasteiger partial charge in [0.05, 0.1) is 15.9 Å². The van der Waals surface area contributed by atoms with Crippen LogP contribution in [0.15, 0.2) is 36.7 Å². The van der Waals surface area contributed by atoms with Crippen LogP contribution in [0.5, 0.6) is 0 Å². The summed E-state index contributed by atoms with van der Waals surface area (Å²) in [6.07, 6.45) is 1.18. The summed E-state index contributed by atoms with van der Waals surface area (Å²) in [7, 11) is 0. The van der Waals surface area contributed by atoms with E-state index in [1.807, 2.05) is 0 Å². The van der Waals surface area contributed by atoms with E-state index >= 15 is 0 Å². The molecule has 0 aliphatic heterocycles. The number of anilines is 2. The number of benzene rings is 2. The largest absolute Gasteiger partial charge is 0.339 e. The Bertz CT molecular complexity index is 839. The Morgan fingerprint density at radius 2 is 1.76 bits per heavy atom. The second-order valence-corrected chi connectivity index (χ2v) is 4.67. The van der Waals surface area contributed by atoms with Gasteiger partial charge in [-0.2, -0.15) is 0 Å². The lowest BCUT2D eigenvalue weighted by atomic mass is 10.2. The quantitative estimate of drug-likeness (QED) is 0.760. The first-order valence-corrected chi connectivity index (χ1v) is 6.24. The molecule has 0 bridgehead atoms. The average Bonchev–Trinajstić information content (AvgIpc) is 2.42. The van der Waals surface area contributed by atoms with Crippen molar-refractivity contribution in [3.05, 3.63) is 59.1 Å². The Morgan fingerprint density at radius 1 is 0.952 bits per heavy atom. The molecule has 0 saturated heterocycles. The fourth-order valence-corrected chi connectivity index (χ4v) is 2.10. The summed E-state index contributed by atoms with van der Waals surface area (Å²) < 4.78 is 40.2. The molecule has 1 heterocycles. The molecule has 0 aliphatic rings. The molecule has 0 unspecified atom stereocenters. The van der Waals surface area contributed by atoms with Crippen molar-refractivity contribution in [1.29, 1.82) is 0 Å². The van der Waals surface area contributed by atoms with Gasteiger partial charge in [0.25, 0.3) is 0 Å². The Hall–Kier alpha value is -2.34. The van der Waals surface area contributed by atoms with Crippen molar-refractivity contribution in [2.45, 2.75) is 0 Å². The van der Waals surface area contributed by atoms with E-state index in [2.05, 4.69) is 15.3 Å². The third-order valence-corrected chi connectivity index (χ3v) is 3.13. The van der Waals surface area contributed by atoms with Gasteiger partial charge in [-0.15, -0.1) is 0 Å². The van der Waals surface area contributed by atoms with Crippen LogP contribution in [0.3, 0.4) is 0 Å². The van der Waals surface area contributed by atoms with Crippen molar-refractivity contribution in [1.82, 2.24) is 9.97 Å². The van der Waals surface area contributed by atoms with Crippen molar-refractivity contribution in [3.8, 4) is 0 Å². The predicted molar refractivity (Wildman–Crippen MR) is 74.1 cm³/mol. The summed E-state index contributed by atoms with van der Waals surface area (Å²) in [6.45, 7) is 0. The molecule has 3 rings (SSSR count). The van der Waals surface area contributed by atoms with Crippen LogP contribution >= 0.6 is 11.6 Å². The molecule has 3 aromatic rings. The fraction of sp³-hybridized carbons (Fsp3) is 0. The van der Waals surface area contributed by atoms with Gasteiger partial charge < -0.3 is 5.32 Å². The number of halogens is 4. The summed E-state index contributed by atoms with van der Waals surface area (Å²) in [5.74, 6) is -1.95. The number of aromatic nitrogens is 2. The van der Waals surface area contributed by atoms with Crippen LogP contribution in [-0.2, 0) is 0 Å². The standard InChI is InChI=1S/C14H7ClF3N3/c15-9-5-8(1-2-10(9)17)21-14-13-11(18)3-7(16)4-12(13)19-6-20-14/h1-6H,(H,19,20,21). The molecular weight excluding hydrogens is 303 g/mol. The van der Waals surface area contributed by atoms with Gasteiger partial charge in [0, 0.05) is 17.8 Å². The van der Waals surface area contributed by atoms with Crippen LogP contribution in [0.4, 0.5) is 24.7 Å². The Balaban J connectivity index is 2.10. The lowest BCUT2D eigenvalue weighted by Crippen LogP contribution is -1.98. The molecule has 1 aromatic heterocycles. The van der Waals surface area contributed by atoms with Crippen LogP contribution in [0.25, 0.3) is 10.9 Å². The van der Waals surface area contributed by atoms with E-state index in [0.29, 0.717) is 5.69 Å². The number of fused-ring (bicyclic) bond motifs is 1. The first-order chi connectivity index (χ1) is 10.0. The first kappa shape index (κ1) is 13.6. The molecule has 0 saturated carbocycles. The molecule has 0 fully saturated rings. The molecule has 0 amide bonds. The van der Waals surface area contributed by atoms with Crippen LogP contribution in [-0.4, -0.2) is 9.97 Å². The molecule has 0 spiro atoms. The van der Waals surface area contributed by atoms with Gasteiger partial charge in [0.15, 0.2) is 0 Å². The molecular formula is C14H7ClF3N3. The highest BCUT2D eigenvalue weighted by Crippen LogP contribution is 2.28. The monoisotopic (exact) mass is 309 g/mol. The highest BCUT2D eigenvalue weighted by Gasteiger charge is 2.12. The van der Waals surface area contributed by atoms with E-state index in [9.17, 15) is 13.2 Å². The zero-order chi connectivity index (χ0) is 15.0. The number of nitrogens with one attached hydrogen (secondary N) is 1. The average molecular weight is 310 g/mol. The molecule has 0 radical (unpaired) electrons. The summed E-state index contributed by atoms with van der Waals surface area (Å²) in [4.78, 5) is 7.74. The van der Waals surface area contributed by atoms with Gasteiger partial charge in [-0.05, 0) is 18.2 Å². The summed E-state index contributed by atoms with van der Waals surface area (Å²) >= 11 is 5.68. The van der Waals surface area contributed by atoms with E-state index in [0.717, 1.165) is 12.1 Å². The number of hydrogen-bond donors (Lipinski definition) is 1. The molecule has 3 nitrogen and oxygen atoms in total. The maximum absolute atomic E-state index is 13.9. The molecule has 2 aromatic carbocycles. The van der Waals surface area contributed by atoms with Crippen LogP contribution in [0.1, 0.15) is 0 Å². The van der Waals surface area contributed by atoms with Crippen molar-refractivity contribution in [2.75, 3.05) is 5.32 Å². The van der Waals surface area contributed by atoms with Crippen LogP contribution in [0, 0.1) is 17.5 Å². The highest BCUT2D eigenvalue weighted by molar-refractivity contribution is 6.31. The van der Waals surface area contributed by atoms with Crippen molar-refractivity contribution >= 4 is 34.0 Å². The summed E-state index contributed by atoms with van der Waals surface area (Å²) in [5.41, 5.74) is 0.545. The number of hydrogen-bond acceptors (Lipinski definition) is 3. The lowest BCUT2D eigenvalue weighted by Gasteiger charge is -2.09. The minimum Gasteiger partial charge on any atom is -0.339 e. The van der Waals surface area contributed by atoms with Crippen molar-refractivity contribution in [3.63, 3.8) is 0 Å². The second-order valence-electron chi connectivity index (χ2n) is 4.26. The zero-order valence-electron chi connectivity index (χ0n) is 10.4. The minimum absolute atomic E-state index is 0.0411. The van der Waals surface area contributed by atoms with Gasteiger partial charge in [-0.25, -0.2) is 23.1 Å². The molecule has 7 heteroatoms. The van der Waals surface area contributed by atoms with E-state index in [-0.39, 0.29) is 21.7 Å². The molecule has 21 heavy (non-hydrogen) atoms. The van der Waals surface area contributed by atoms with Gasteiger partial charge in [-0.3, -0.25) is 0 Å². The Labute approximate surface area is 122 Å². The normalized spacial score (nSPS) is 10.9. The number of nitrogens with zero attached hydrogens (tertiary/aromatic N) is 2. The van der Waals surface area contributed by atoms with Crippen LogP contribution in [0.2, 0.25) is 5.02 Å². The molecule has 0 aliphatic carbocycles. The van der Waals surface area contributed by atoms with E-state index in [4.69, 9.17) is 11.6 Å². The predicted octanol–water partition coefficient (Wildman–Crippen LogP) is 4.44. The van der Waals surface area contributed by atoms with E-state index < -0.39 is 17.5 Å². The van der Waals surface area contributed by atoms with Crippen molar-refractivity contribution < 1.29 is 13.2 Å². The first-order valence-electron chi connectivity index (χ1n) is 5.86. The zero-order valence-corrected chi connectivity index (χ0v) is 11.1. The van der Waals surface area contributed by atoms with Gasteiger partial charge in [0.1, 0.15) is 29.6 Å². The van der Waals surface area contributed by atoms with E-state index in [1.54, 1.807) is 0 Å². The van der Waals surface area contributed by atoms with Gasteiger partial charge >= 0.3 is 0 Å². The summed E-state index contributed by atoms with van der Waals surface area (Å²) in [6, 6.07) is 5.78. The lowest BCUT2D eigenvalue weighted by molar-refractivity contribution is 0.591. The van der Waals surface area contributed by atoms with E-state index in [1.165, 1.54) is 24.5 Å². The minimum atomic E-state index is -0.790. The van der Waals surface area contributed by atoms with Gasteiger partial charge in [0.2, 0.25) is 0 Å². The maximum Gasteiger partial charge on any atom is 0.144 e. The third kappa shape index (κ3) is 2.62. The maximum atomic E-state index is 13.9. The topological polar surface area (TPSA) is 37.8 Å². The Kier molecular flexibility index (Phi) is 3.39. The third-order valence-electron chi connectivity index (χ3n) is 2.84. The summed E-state index contributed by atoms with van der Waals surface area (Å²) in [5, 5.41) is 2.77. The molecule has 1 N–H and O–H groups in total. The smallest absolute Gasteiger partial charge is 0.144 e. The second kappa shape index (κ2) is 5.21. The van der Waals surface area contributed by atoms with Crippen LogP contribution < -0.4 is 5.32 Å². The number of rotatable bonds is 2. The highest BCUT2D eigenvalue weighted by atomic mass is 35.5. The SMILES string of the molecule is Fc1cc(F)c2c(Nc3ccc(F)c(Cl)c3)ncnc2c1. The van der Waals surface area contributed by atoms with Gasteiger partial charge in [-0.1, -0.05) is 11.6 Å². The van der Waals surface area contributed by atoms with Crippen molar-refractivity contribution in [2.24, 2.45) is 0 Å².